The molecule has 4 rings (SSSR count). The van der Waals surface area contributed by atoms with Gasteiger partial charge in [-0.2, -0.15) is 0 Å². The van der Waals surface area contributed by atoms with E-state index >= 15 is 0 Å². The smallest absolute Gasteiger partial charge is 0.417 e. The first kappa shape index (κ1) is 21.5. The van der Waals surface area contributed by atoms with Crippen LogP contribution >= 0.6 is 0 Å². The number of rotatable bonds is 6. The number of carbonyl (C=O) groups is 2. The van der Waals surface area contributed by atoms with E-state index in [1.807, 2.05) is 6.07 Å². The summed E-state index contributed by atoms with van der Waals surface area (Å²) in [6.07, 6.45) is -0.613. The lowest BCUT2D eigenvalue weighted by Gasteiger charge is -2.10. The molecule has 0 bridgehead atoms. The lowest BCUT2D eigenvalue weighted by Crippen LogP contribution is -2.16. The van der Waals surface area contributed by atoms with Crippen LogP contribution in [0.3, 0.4) is 0 Å². The van der Waals surface area contributed by atoms with E-state index in [0.29, 0.717) is 28.7 Å². The summed E-state index contributed by atoms with van der Waals surface area (Å²) in [6.45, 7) is 0. The third kappa shape index (κ3) is 5.89. The number of amides is 1. The number of esters is 1. The van der Waals surface area contributed by atoms with Gasteiger partial charge in [0.1, 0.15) is 34.3 Å². The molecule has 1 amide bonds. The van der Waals surface area contributed by atoms with Gasteiger partial charge in [0.05, 0.1) is 0 Å². The Balaban J connectivity index is 1.35. The lowest BCUT2D eigenvalue weighted by molar-refractivity contribution is 0.0731. The number of nitrogens with one attached hydrogen (secondary N) is 1. The summed E-state index contributed by atoms with van der Waals surface area (Å²) in [5, 5.41) is 12.9. The van der Waals surface area contributed by atoms with E-state index in [9.17, 15) is 14.7 Å². The van der Waals surface area contributed by atoms with Gasteiger partial charge in [-0.15, -0.1) is 0 Å². The first-order valence-electron chi connectivity index (χ1n) is 9.99. The molecule has 33 heavy (non-hydrogen) atoms. The van der Waals surface area contributed by atoms with Gasteiger partial charge in [0, 0.05) is 11.8 Å². The summed E-state index contributed by atoms with van der Waals surface area (Å²) in [6, 6.07) is 28.2. The molecule has 0 saturated carbocycles. The molecule has 0 heterocycles. The van der Waals surface area contributed by atoms with E-state index in [-0.39, 0.29) is 11.3 Å². The molecule has 4 aromatic carbocycles. The quantitative estimate of drug-likeness (QED) is 0.281. The van der Waals surface area contributed by atoms with Crippen molar-refractivity contribution in [2.75, 3.05) is 5.32 Å². The monoisotopic (exact) mass is 441 g/mol. The van der Waals surface area contributed by atoms with Crippen LogP contribution < -0.4 is 19.5 Å². The van der Waals surface area contributed by atoms with Crippen LogP contribution in [-0.4, -0.2) is 17.2 Å². The molecule has 0 aromatic heterocycles. The zero-order valence-electron chi connectivity index (χ0n) is 17.3. The van der Waals surface area contributed by atoms with Gasteiger partial charge in [0.25, 0.3) is 0 Å². The third-order valence-corrected chi connectivity index (χ3v) is 4.43. The molecule has 0 aliphatic heterocycles. The molecular weight excluding hydrogens is 422 g/mol. The highest BCUT2D eigenvalue weighted by atomic mass is 16.6. The van der Waals surface area contributed by atoms with Crippen molar-refractivity contribution < 1.29 is 28.9 Å². The van der Waals surface area contributed by atoms with Crippen molar-refractivity contribution in [3.05, 3.63) is 109 Å². The number of anilines is 1. The fourth-order valence-corrected chi connectivity index (χ4v) is 2.88. The van der Waals surface area contributed by atoms with Crippen LogP contribution in [0, 0.1) is 0 Å². The third-order valence-electron chi connectivity index (χ3n) is 4.43. The molecule has 0 spiro atoms. The molecule has 0 atom stereocenters. The minimum absolute atomic E-state index is 0.0164. The van der Waals surface area contributed by atoms with E-state index in [1.165, 1.54) is 12.1 Å². The maximum absolute atomic E-state index is 12.3. The largest absolute Gasteiger partial charge is 0.507 e. The number of benzene rings is 4. The maximum Gasteiger partial charge on any atom is 0.417 e. The molecule has 4 aromatic rings. The number of phenolic OH excluding ortho intramolecular Hbond substituents is 1. The summed E-state index contributed by atoms with van der Waals surface area (Å²) >= 11 is 0. The summed E-state index contributed by atoms with van der Waals surface area (Å²) in [7, 11) is 0. The van der Waals surface area contributed by atoms with Crippen LogP contribution in [0.5, 0.6) is 28.7 Å². The molecule has 0 saturated heterocycles. The normalized spacial score (nSPS) is 10.2. The van der Waals surface area contributed by atoms with Crippen LogP contribution in [0.15, 0.2) is 103 Å². The van der Waals surface area contributed by atoms with Crippen molar-refractivity contribution in [2.24, 2.45) is 0 Å². The second-order valence-corrected chi connectivity index (χ2v) is 6.84. The second-order valence-electron chi connectivity index (χ2n) is 6.84. The zero-order valence-corrected chi connectivity index (χ0v) is 17.3. The number of carbonyl (C=O) groups excluding carboxylic acids is 2. The van der Waals surface area contributed by atoms with Gasteiger partial charge in [-0.25, -0.2) is 9.59 Å². The predicted octanol–water partition coefficient (Wildman–Crippen LogP) is 6.01. The van der Waals surface area contributed by atoms with Crippen molar-refractivity contribution in [1.29, 1.82) is 0 Å². The highest BCUT2D eigenvalue weighted by Crippen LogP contribution is 2.29. The summed E-state index contributed by atoms with van der Waals surface area (Å²) in [5.41, 5.74) is 0.535. The second kappa shape index (κ2) is 10.0. The number of aromatic hydroxyl groups is 1. The van der Waals surface area contributed by atoms with Crippen LogP contribution in [-0.2, 0) is 0 Å². The lowest BCUT2D eigenvalue weighted by atomic mass is 10.2. The maximum atomic E-state index is 12.3. The van der Waals surface area contributed by atoms with Crippen LogP contribution in [0.4, 0.5) is 10.5 Å². The Morgan fingerprint density at radius 2 is 1.21 bits per heavy atom. The highest BCUT2D eigenvalue weighted by Gasteiger charge is 2.15. The standard InChI is InChI=1S/C26H19NO6/c28-24-17-22(15-16-23(24)25(29)32-19-7-3-1-4-8-19)31-21-13-11-18(12-14-21)27-26(30)33-20-9-5-2-6-10-20/h1-17,28H,(H,27,30). The van der Waals surface area contributed by atoms with E-state index in [4.69, 9.17) is 14.2 Å². The highest BCUT2D eigenvalue weighted by molar-refractivity contribution is 5.94. The van der Waals surface area contributed by atoms with Gasteiger partial charge in [0.15, 0.2) is 0 Å². The number of phenols is 1. The van der Waals surface area contributed by atoms with Crippen LogP contribution in [0.2, 0.25) is 0 Å². The van der Waals surface area contributed by atoms with Crippen molar-refractivity contribution in [3.8, 4) is 28.7 Å². The molecule has 0 fully saturated rings. The van der Waals surface area contributed by atoms with Crippen LogP contribution in [0.25, 0.3) is 0 Å². The van der Waals surface area contributed by atoms with Crippen LogP contribution in [0.1, 0.15) is 10.4 Å². The van der Waals surface area contributed by atoms with Gasteiger partial charge in [-0.1, -0.05) is 36.4 Å². The first-order valence-corrected chi connectivity index (χ1v) is 9.99. The topological polar surface area (TPSA) is 94.1 Å². The minimum atomic E-state index is -0.678. The summed E-state index contributed by atoms with van der Waals surface area (Å²) in [5.74, 6) is 0.664. The molecule has 164 valence electrons. The van der Waals surface area contributed by atoms with Gasteiger partial charge in [-0.05, 0) is 60.7 Å². The van der Waals surface area contributed by atoms with E-state index in [2.05, 4.69) is 5.32 Å². The Labute approximate surface area is 189 Å². The van der Waals surface area contributed by atoms with E-state index < -0.39 is 12.1 Å². The van der Waals surface area contributed by atoms with Crippen molar-refractivity contribution in [1.82, 2.24) is 0 Å². The first-order chi connectivity index (χ1) is 16.1. The van der Waals surface area contributed by atoms with Gasteiger partial charge >= 0.3 is 12.1 Å². The minimum Gasteiger partial charge on any atom is -0.507 e. The molecule has 7 nitrogen and oxygen atoms in total. The van der Waals surface area contributed by atoms with Gasteiger partial charge in [-0.3, -0.25) is 5.32 Å². The molecule has 0 aliphatic carbocycles. The Bertz CT molecular complexity index is 1240. The molecule has 0 unspecified atom stereocenters. The Morgan fingerprint density at radius 1 is 0.636 bits per heavy atom. The van der Waals surface area contributed by atoms with Gasteiger partial charge < -0.3 is 19.3 Å². The van der Waals surface area contributed by atoms with Crippen molar-refractivity contribution >= 4 is 17.7 Å². The average Bonchev–Trinajstić information content (AvgIpc) is 2.81. The Hall–Kier alpha value is -4.78. The SMILES string of the molecule is O=C(Nc1ccc(Oc2ccc(C(=O)Oc3ccccc3)c(O)c2)cc1)Oc1ccccc1. The Kier molecular flexibility index (Phi) is 6.51. The molecular formula is C26H19NO6. The molecule has 0 aliphatic rings. The number of hydrogen-bond donors (Lipinski definition) is 2. The van der Waals surface area contributed by atoms with Gasteiger partial charge in [0.2, 0.25) is 0 Å². The summed E-state index contributed by atoms with van der Waals surface area (Å²) in [4.78, 5) is 24.2. The number of hydrogen-bond acceptors (Lipinski definition) is 6. The molecule has 0 radical (unpaired) electrons. The predicted molar refractivity (Wildman–Crippen MR) is 122 cm³/mol. The van der Waals surface area contributed by atoms with E-state index in [1.54, 1.807) is 84.9 Å². The molecule has 7 heteroatoms. The van der Waals surface area contributed by atoms with Crippen molar-refractivity contribution in [2.45, 2.75) is 0 Å². The Morgan fingerprint density at radius 3 is 1.82 bits per heavy atom. The van der Waals surface area contributed by atoms with Crippen molar-refractivity contribution in [3.63, 3.8) is 0 Å². The van der Waals surface area contributed by atoms with E-state index in [0.717, 1.165) is 0 Å². The molecule has 2 N–H and O–H groups in total. The fraction of sp³-hybridized carbons (Fsp3) is 0. The number of ether oxygens (including phenoxy) is 3. The average molecular weight is 441 g/mol. The zero-order chi connectivity index (χ0) is 23.0. The number of para-hydroxylation sites is 2. The fourth-order valence-electron chi connectivity index (χ4n) is 2.88. The summed E-state index contributed by atoms with van der Waals surface area (Å²) < 4.78 is 16.1.